The number of benzene rings is 1. The Morgan fingerprint density at radius 2 is 2.00 bits per heavy atom. The number of aryl methyl sites for hydroxylation is 1. The molecule has 20 heavy (non-hydrogen) atoms. The zero-order valence-electron chi connectivity index (χ0n) is 11.5. The SMILES string of the molecule is CC(C)c1ccc(-c2nc(Br)c(CCC(=O)O)[nH]2)cc1. The lowest BCUT2D eigenvalue weighted by molar-refractivity contribution is -0.136. The van der Waals surface area contributed by atoms with Crippen molar-refractivity contribution >= 4 is 21.9 Å². The van der Waals surface area contributed by atoms with Crippen molar-refractivity contribution in [2.24, 2.45) is 0 Å². The minimum absolute atomic E-state index is 0.0898. The summed E-state index contributed by atoms with van der Waals surface area (Å²) in [5.41, 5.74) is 3.09. The molecule has 0 aliphatic rings. The van der Waals surface area contributed by atoms with Crippen molar-refractivity contribution < 1.29 is 9.90 Å². The van der Waals surface area contributed by atoms with Crippen LogP contribution >= 0.6 is 15.9 Å². The second-order valence-electron chi connectivity index (χ2n) is 5.03. The normalized spacial score (nSPS) is 11.0. The van der Waals surface area contributed by atoms with E-state index in [4.69, 9.17) is 5.11 Å². The summed E-state index contributed by atoms with van der Waals surface area (Å²) >= 11 is 3.37. The summed E-state index contributed by atoms with van der Waals surface area (Å²) in [5.74, 6) is 0.445. The number of hydrogen-bond acceptors (Lipinski definition) is 2. The molecule has 0 amide bonds. The molecule has 0 radical (unpaired) electrons. The molecule has 4 nitrogen and oxygen atoms in total. The largest absolute Gasteiger partial charge is 0.481 e. The van der Waals surface area contributed by atoms with Gasteiger partial charge in [0, 0.05) is 12.0 Å². The smallest absolute Gasteiger partial charge is 0.303 e. The van der Waals surface area contributed by atoms with Crippen LogP contribution < -0.4 is 0 Å². The molecule has 0 atom stereocenters. The third-order valence-electron chi connectivity index (χ3n) is 3.17. The second-order valence-corrected chi connectivity index (χ2v) is 5.78. The number of rotatable bonds is 5. The average Bonchev–Trinajstić information content (AvgIpc) is 2.78. The van der Waals surface area contributed by atoms with Crippen molar-refractivity contribution in [2.45, 2.75) is 32.6 Å². The van der Waals surface area contributed by atoms with E-state index >= 15 is 0 Å². The zero-order valence-corrected chi connectivity index (χ0v) is 13.1. The Hall–Kier alpha value is -1.62. The number of nitrogens with zero attached hydrogens (tertiary/aromatic N) is 1. The van der Waals surface area contributed by atoms with Crippen molar-refractivity contribution in [1.29, 1.82) is 0 Å². The molecule has 0 spiro atoms. The molecule has 2 aromatic rings. The highest BCUT2D eigenvalue weighted by molar-refractivity contribution is 9.10. The van der Waals surface area contributed by atoms with Crippen molar-refractivity contribution in [3.05, 3.63) is 40.1 Å². The fraction of sp³-hybridized carbons (Fsp3) is 0.333. The lowest BCUT2D eigenvalue weighted by Crippen LogP contribution is -1.98. The first-order valence-electron chi connectivity index (χ1n) is 6.54. The zero-order chi connectivity index (χ0) is 14.7. The molecule has 1 heterocycles. The topological polar surface area (TPSA) is 66.0 Å². The third kappa shape index (κ3) is 3.48. The minimum Gasteiger partial charge on any atom is -0.481 e. The predicted molar refractivity (Wildman–Crippen MR) is 81.8 cm³/mol. The van der Waals surface area contributed by atoms with Gasteiger partial charge in [-0.15, -0.1) is 0 Å². The molecule has 0 aliphatic heterocycles. The lowest BCUT2D eigenvalue weighted by Gasteiger charge is -2.05. The molecular formula is C15H17BrN2O2. The van der Waals surface area contributed by atoms with Gasteiger partial charge in [-0.25, -0.2) is 4.98 Å². The molecular weight excluding hydrogens is 320 g/mol. The lowest BCUT2D eigenvalue weighted by atomic mass is 10.0. The first kappa shape index (κ1) is 14.8. The molecule has 0 fully saturated rings. The summed E-state index contributed by atoms with van der Waals surface area (Å²) in [7, 11) is 0. The number of halogens is 1. The quantitative estimate of drug-likeness (QED) is 0.867. The van der Waals surface area contributed by atoms with Crippen LogP contribution in [0.1, 0.15) is 37.4 Å². The number of aromatic amines is 1. The van der Waals surface area contributed by atoms with Crippen molar-refractivity contribution in [1.82, 2.24) is 9.97 Å². The van der Waals surface area contributed by atoms with Gasteiger partial charge >= 0.3 is 5.97 Å². The maximum atomic E-state index is 10.6. The summed E-state index contributed by atoms with van der Waals surface area (Å²) in [5, 5.41) is 8.72. The summed E-state index contributed by atoms with van der Waals surface area (Å²) < 4.78 is 0.682. The molecule has 0 saturated heterocycles. The monoisotopic (exact) mass is 336 g/mol. The van der Waals surface area contributed by atoms with E-state index in [0.717, 1.165) is 17.1 Å². The number of nitrogens with one attached hydrogen (secondary N) is 1. The first-order valence-corrected chi connectivity index (χ1v) is 7.33. The van der Waals surface area contributed by atoms with E-state index in [1.807, 2.05) is 12.1 Å². The van der Waals surface area contributed by atoms with Gasteiger partial charge in [-0.2, -0.15) is 0 Å². The number of carbonyl (C=O) groups is 1. The van der Waals surface area contributed by atoms with E-state index < -0.39 is 5.97 Å². The van der Waals surface area contributed by atoms with Crippen LogP contribution in [-0.4, -0.2) is 21.0 Å². The highest BCUT2D eigenvalue weighted by Gasteiger charge is 2.11. The molecule has 2 rings (SSSR count). The molecule has 2 N–H and O–H groups in total. The number of H-pyrrole nitrogens is 1. The summed E-state index contributed by atoms with van der Waals surface area (Å²) in [6, 6.07) is 8.24. The molecule has 1 aromatic carbocycles. The summed E-state index contributed by atoms with van der Waals surface area (Å²) in [6.45, 7) is 4.31. The average molecular weight is 337 g/mol. The van der Waals surface area contributed by atoms with Gasteiger partial charge in [0.1, 0.15) is 10.4 Å². The molecule has 1 aromatic heterocycles. The van der Waals surface area contributed by atoms with Crippen molar-refractivity contribution in [3.8, 4) is 11.4 Å². The van der Waals surface area contributed by atoms with Crippen LogP contribution in [0.15, 0.2) is 28.9 Å². The highest BCUT2D eigenvalue weighted by atomic mass is 79.9. The van der Waals surface area contributed by atoms with Gasteiger partial charge in [0.2, 0.25) is 0 Å². The number of hydrogen-bond donors (Lipinski definition) is 2. The number of aromatic nitrogens is 2. The predicted octanol–water partition coefficient (Wildman–Crippen LogP) is 3.98. The molecule has 0 saturated carbocycles. The van der Waals surface area contributed by atoms with Crippen LogP contribution in [0.3, 0.4) is 0 Å². The second kappa shape index (κ2) is 6.22. The maximum absolute atomic E-state index is 10.6. The number of carboxylic acid groups (broad SMARTS) is 1. The highest BCUT2D eigenvalue weighted by Crippen LogP contribution is 2.24. The molecule has 106 valence electrons. The van der Waals surface area contributed by atoms with Crippen LogP contribution in [0.4, 0.5) is 0 Å². The van der Waals surface area contributed by atoms with Gasteiger partial charge in [0.25, 0.3) is 0 Å². The van der Waals surface area contributed by atoms with Gasteiger partial charge in [0.05, 0.1) is 12.1 Å². The molecule has 0 aliphatic carbocycles. The van der Waals surface area contributed by atoms with E-state index in [-0.39, 0.29) is 6.42 Å². The number of carboxylic acids is 1. The fourth-order valence-corrected chi connectivity index (χ4v) is 2.42. The summed E-state index contributed by atoms with van der Waals surface area (Å²) in [6.07, 6.45) is 0.527. The van der Waals surface area contributed by atoms with Crippen LogP contribution in [0.25, 0.3) is 11.4 Å². The van der Waals surface area contributed by atoms with Gasteiger partial charge in [0.15, 0.2) is 0 Å². The Balaban J connectivity index is 2.20. The number of imidazole rings is 1. The van der Waals surface area contributed by atoms with Gasteiger partial charge < -0.3 is 10.1 Å². The van der Waals surface area contributed by atoms with Crippen LogP contribution in [0.5, 0.6) is 0 Å². The fourth-order valence-electron chi connectivity index (χ4n) is 1.95. The van der Waals surface area contributed by atoms with E-state index in [1.54, 1.807) is 0 Å². The maximum Gasteiger partial charge on any atom is 0.303 e. The molecule has 5 heteroatoms. The Morgan fingerprint density at radius 1 is 1.35 bits per heavy atom. The first-order chi connectivity index (χ1) is 9.47. The molecule has 0 bridgehead atoms. The van der Waals surface area contributed by atoms with Crippen molar-refractivity contribution in [2.75, 3.05) is 0 Å². The van der Waals surface area contributed by atoms with Gasteiger partial charge in [-0.05, 0) is 27.4 Å². The Bertz CT molecular complexity index is 603. The Morgan fingerprint density at radius 3 is 2.55 bits per heavy atom. The van der Waals surface area contributed by atoms with Gasteiger partial charge in [-0.1, -0.05) is 38.1 Å². The van der Waals surface area contributed by atoms with Crippen molar-refractivity contribution in [3.63, 3.8) is 0 Å². The Kier molecular flexibility index (Phi) is 4.60. The van der Waals surface area contributed by atoms with Crippen LogP contribution in [-0.2, 0) is 11.2 Å². The van der Waals surface area contributed by atoms with E-state index in [2.05, 4.69) is 51.9 Å². The standard InChI is InChI=1S/C15H17BrN2O2/c1-9(2)10-3-5-11(6-4-10)15-17-12(14(16)18-15)7-8-13(19)20/h3-6,9H,7-8H2,1-2H3,(H,17,18)(H,19,20). The van der Waals surface area contributed by atoms with E-state index in [1.165, 1.54) is 5.56 Å². The van der Waals surface area contributed by atoms with E-state index in [9.17, 15) is 4.79 Å². The number of aliphatic carboxylic acids is 1. The van der Waals surface area contributed by atoms with E-state index in [0.29, 0.717) is 16.9 Å². The Labute approximate surface area is 126 Å². The minimum atomic E-state index is -0.811. The third-order valence-corrected chi connectivity index (χ3v) is 3.82. The molecule has 0 unspecified atom stereocenters. The van der Waals surface area contributed by atoms with Crippen LogP contribution in [0, 0.1) is 0 Å². The summed E-state index contributed by atoms with van der Waals surface area (Å²) in [4.78, 5) is 18.2. The van der Waals surface area contributed by atoms with Crippen LogP contribution in [0.2, 0.25) is 0 Å². The van der Waals surface area contributed by atoms with Gasteiger partial charge in [-0.3, -0.25) is 4.79 Å².